The summed E-state index contributed by atoms with van der Waals surface area (Å²) >= 11 is 0. The first-order valence-electron chi connectivity index (χ1n) is 42.6. The molecule has 1 aliphatic heterocycles. The summed E-state index contributed by atoms with van der Waals surface area (Å²) in [5.41, 5.74) is 23.0. The monoisotopic (exact) mass is 1880 g/mol. The van der Waals surface area contributed by atoms with E-state index >= 15 is 9.59 Å². The predicted octanol–water partition coefficient (Wildman–Crippen LogP) is -10.4. The molecule has 0 unspecified atom stereocenters. The molecule has 0 aromatic heterocycles. The molecule has 0 bridgehead atoms. The van der Waals surface area contributed by atoms with Crippen LogP contribution in [0.3, 0.4) is 0 Å². The Labute approximate surface area is 763 Å². The second-order valence-corrected chi connectivity index (χ2v) is 32.0. The molecule has 4 rings (SSSR count). The van der Waals surface area contributed by atoms with E-state index in [1.54, 1.807) is 13.8 Å². The molecule has 34 N–H and O–H groups in total. The number of likely N-dealkylation sites (tertiary alicyclic amines) is 1. The molecule has 0 saturated carbocycles. The highest BCUT2D eigenvalue weighted by molar-refractivity contribution is 6.02. The van der Waals surface area contributed by atoms with E-state index < -0.39 is 292 Å². The van der Waals surface area contributed by atoms with Crippen LogP contribution in [-0.4, -0.2) is 318 Å². The Morgan fingerprint density at radius 1 is 0.429 bits per heavy atom. The van der Waals surface area contributed by atoms with Crippen molar-refractivity contribution in [3.05, 3.63) is 89.5 Å². The number of amides is 17. The summed E-state index contributed by atoms with van der Waals surface area (Å²) in [7, 11) is 0. The molecule has 133 heavy (non-hydrogen) atoms. The first kappa shape index (κ1) is 111. The number of carboxylic acid groups (broad SMARTS) is 2. The number of nitrogens with zero attached hydrogens (tertiary/aromatic N) is 1. The number of aliphatic hydroxyl groups excluding tert-OH is 4. The lowest BCUT2D eigenvalue weighted by atomic mass is 9.97. The lowest BCUT2D eigenvalue weighted by Gasteiger charge is -2.31. The van der Waals surface area contributed by atoms with Crippen molar-refractivity contribution in [2.75, 3.05) is 52.5 Å². The molecular weight excluding hydrogens is 1750 g/mol. The molecule has 0 aliphatic carbocycles. The number of hydrogen-bond acceptors (Lipinski definition) is 29. The summed E-state index contributed by atoms with van der Waals surface area (Å²) in [4.78, 5) is 260. The summed E-state index contributed by atoms with van der Waals surface area (Å²) < 4.78 is 0. The third-order valence-corrected chi connectivity index (χ3v) is 21.0. The van der Waals surface area contributed by atoms with Gasteiger partial charge in [-0.1, -0.05) is 70.5 Å². The maximum atomic E-state index is 15.1. The SMILES string of the molecule is CC[C@H](C)[C@H](NC(=O)[C@@H](N)[C@@H](C)O)C(=O)N[C@@H](CC(N)=O)C(=O)N[C@@H](CCCNC(=N)N)C(=O)NCC(=O)NCC(=O)N[C@@H](Cc1ccc(O)cc1)C(=O)N[C@@H](CO)C(=O)N[C@H](C(=O)N[C@@H](Cc1ccc(O)cc1)C(=O)N[C@@H](Cc1ccc(O)cc1)C(=O)N1CCC[C@H]1C(=O)N[C@@H](CC(=O)O)C(=O)N[C@@H](CO)C(=O)N[C@H](C(=O)N[C@@H](CCCCN)C(=O)NCC(=O)O)C(C)C)[C@@H](C)O. The minimum absolute atomic E-state index is 0.00118. The quantitative estimate of drug-likeness (QED) is 0.0142. The van der Waals surface area contributed by atoms with E-state index in [1.807, 2.05) is 0 Å². The highest BCUT2D eigenvalue weighted by Crippen LogP contribution is 2.23. The third kappa shape index (κ3) is 38.5. The number of rotatable bonds is 57. The minimum atomic E-state index is -2.09. The van der Waals surface area contributed by atoms with Crippen LogP contribution in [0.2, 0.25) is 0 Å². The maximum absolute atomic E-state index is 15.1. The summed E-state index contributed by atoms with van der Waals surface area (Å²) in [6.07, 6.45) is -5.84. The fourth-order valence-electron chi connectivity index (χ4n) is 13.3. The van der Waals surface area contributed by atoms with Gasteiger partial charge in [-0.15, -0.1) is 0 Å². The number of carbonyl (C=O) groups is 19. The molecule has 1 saturated heterocycles. The Kier molecular flexibility index (Phi) is 46.8. The average molecular weight is 1880 g/mol. The zero-order valence-corrected chi connectivity index (χ0v) is 74.2. The van der Waals surface area contributed by atoms with Gasteiger partial charge in [0.1, 0.15) is 108 Å². The van der Waals surface area contributed by atoms with Crippen molar-refractivity contribution in [1.29, 1.82) is 5.41 Å². The van der Waals surface area contributed by atoms with E-state index in [0.717, 1.165) is 11.8 Å². The highest BCUT2D eigenvalue weighted by Gasteiger charge is 2.43. The minimum Gasteiger partial charge on any atom is -0.508 e. The summed E-state index contributed by atoms with van der Waals surface area (Å²) in [5.74, 6) is -24.4. The van der Waals surface area contributed by atoms with Gasteiger partial charge in [0.15, 0.2) is 5.96 Å². The van der Waals surface area contributed by atoms with Gasteiger partial charge in [-0.25, -0.2) is 0 Å². The predicted molar refractivity (Wildman–Crippen MR) is 468 cm³/mol. The zero-order chi connectivity index (χ0) is 99.6. The number of nitrogens with one attached hydrogen (secondary N) is 17. The van der Waals surface area contributed by atoms with E-state index in [9.17, 15) is 122 Å². The Balaban J connectivity index is 1.57. The number of phenols is 3. The highest BCUT2D eigenvalue weighted by atomic mass is 16.4. The average Bonchev–Trinajstić information content (AvgIpc) is 1.63. The molecule has 17 amide bonds. The van der Waals surface area contributed by atoms with Gasteiger partial charge in [0.25, 0.3) is 0 Å². The number of unbranched alkanes of at least 4 members (excludes halogenated alkanes) is 1. The van der Waals surface area contributed by atoms with E-state index in [4.69, 9.17) is 33.5 Å². The molecule has 3 aromatic carbocycles. The van der Waals surface area contributed by atoms with Crippen molar-refractivity contribution in [2.45, 2.75) is 222 Å². The normalized spacial score (nSPS) is 15.8. The first-order chi connectivity index (χ1) is 62.7. The van der Waals surface area contributed by atoms with Gasteiger partial charge >= 0.3 is 11.9 Å². The number of carbonyl (C=O) groups excluding carboxylic acids is 17. The summed E-state index contributed by atoms with van der Waals surface area (Å²) in [6, 6.07) is -8.38. The van der Waals surface area contributed by atoms with Crippen LogP contribution in [0, 0.1) is 17.2 Å². The van der Waals surface area contributed by atoms with E-state index in [2.05, 4.69) is 85.1 Å². The Morgan fingerprint density at radius 2 is 0.835 bits per heavy atom. The topological polar surface area (TPSA) is 830 Å². The van der Waals surface area contributed by atoms with Crippen LogP contribution < -0.4 is 108 Å². The standard InChI is InChI=1S/C83H124N22O28/c1-7-41(4)67(103-78(129)65(86)42(5)108)80(131)98-54(33-60(85)113)73(124)94-51(13-10-28-89-83(87)88)69(120)91-35-61(114)90-36-62(115)93-52(30-44-15-21-47(110)22-16-44)71(122)100-58(39-107)76(127)104-68(43(6)109)81(132)97-53(31-45-17-23-48(111)24-18-45)72(123)99-56(32-46-19-25-49(112)26-20-46)82(133)105-29-11-14-59(105)77(128)96-55(34-63(116)117)74(125)101-57(38-106)75(126)102-66(40(2)3)79(130)95-50(12-8-9-27-84)70(121)92-37-64(118)119/h15-26,40-43,50-59,65-68,106-112H,7-14,27-39,84,86H2,1-6H3,(H2,85,113)(H,90,114)(H,91,120)(H,92,121)(H,93,115)(H,94,124)(H,95,130)(H,96,128)(H,97,132)(H,98,131)(H,99,123)(H,100,122)(H,101,125)(H,102,126)(H,103,129)(H,104,127)(H,116,117)(H,118,119)(H4,87,88,89)/t41-,42+,43+,50-,51-,52-,53-,54-,55-,56-,57-,58-,59-,65-,66-,67-,68-/m0/s1. The Morgan fingerprint density at radius 3 is 1.29 bits per heavy atom. The van der Waals surface area contributed by atoms with Crippen LogP contribution in [-0.2, 0) is 110 Å². The molecule has 0 spiro atoms. The van der Waals surface area contributed by atoms with Crippen molar-refractivity contribution in [1.82, 2.24) is 90.0 Å². The Hall–Kier alpha value is -14.0. The zero-order valence-electron chi connectivity index (χ0n) is 74.2. The summed E-state index contributed by atoms with van der Waals surface area (Å²) in [5, 5.41) is 137. The molecule has 3 aromatic rings. The number of benzene rings is 3. The number of aliphatic carboxylic acids is 2. The van der Waals surface area contributed by atoms with Crippen molar-refractivity contribution in [3.63, 3.8) is 0 Å². The van der Waals surface area contributed by atoms with Crippen LogP contribution in [0.5, 0.6) is 17.2 Å². The largest absolute Gasteiger partial charge is 0.508 e. The Bertz CT molecular complexity index is 4530. The smallest absolute Gasteiger partial charge is 0.322 e. The molecule has 1 aliphatic rings. The fourth-order valence-corrected chi connectivity index (χ4v) is 13.3. The fraction of sp³-hybridized carbons (Fsp3) is 0.542. The van der Waals surface area contributed by atoms with Gasteiger partial charge in [0.2, 0.25) is 100 Å². The van der Waals surface area contributed by atoms with Crippen molar-refractivity contribution >= 4 is 118 Å². The van der Waals surface area contributed by atoms with Gasteiger partial charge < -0.3 is 159 Å². The van der Waals surface area contributed by atoms with Gasteiger partial charge in [-0.3, -0.25) is 96.5 Å². The molecular formula is C83H124N22O28. The van der Waals surface area contributed by atoms with Crippen molar-refractivity contribution in [2.24, 2.45) is 34.8 Å². The lowest BCUT2D eigenvalue weighted by Crippen LogP contribution is -2.62. The number of aliphatic hydroxyl groups is 4. The number of aromatic hydroxyl groups is 3. The van der Waals surface area contributed by atoms with Crippen LogP contribution >= 0.6 is 0 Å². The third-order valence-electron chi connectivity index (χ3n) is 21.0. The molecule has 50 heteroatoms. The van der Waals surface area contributed by atoms with Gasteiger partial charge in [0.05, 0.1) is 51.4 Å². The van der Waals surface area contributed by atoms with Gasteiger partial charge in [-0.05, 0) is 130 Å². The number of nitrogens with two attached hydrogens (primary N) is 4. The molecule has 1 fully saturated rings. The van der Waals surface area contributed by atoms with Crippen molar-refractivity contribution < 1.29 is 137 Å². The number of guanidine groups is 1. The van der Waals surface area contributed by atoms with E-state index in [-0.39, 0.29) is 85.7 Å². The second kappa shape index (κ2) is 55.9. The maximum Gasteiger partial charge on any atom is 0.322 e. The second-order valence-electron chi connectivity index (χ2n) is 32.0. The molecule has 0 radical (unpaired) electrons. The van der Waals surface area contributed by atoms with Crippen LogP contribution in [0.25, 0.3) is 0 Å². The molecule has 50 nitrogen and oxygen atoms in total. The van der Waals surface area contributed by atoms with Crippen LogP contribution in [0.1, 0.15) is 122 Å². The number of carboxylic acids is 2. The molecule has 17 atom stereocenters. The van der Waals surface area contributed by atoms with E-state index in [0.29, 0.717) is 19.3 Å². The molecule has 1 heterocycles. The van der Waals surface area contributed by atoms with Crippen LogP contribution in [0.4, 0.5) is 0 Å². The van der Waals surface area contributed by atoms with Gasteiger partial charge in [0, 0.05) is 32.4 Å². The lowest BCUT2D eigenvalue weighted by molar-refractivity contribution is -0.144. The molecule has 734 valence electrons. The van der Waals surface area contributed by atoms with E-state index in [1.165, 1.54) is 93.6 Å². The van der Waals surface area contributed by atoms with Crippen LogP contribution in [0.15, 0.2) is 72.8 Å². The number of phenolic OH excluding ortho intramolecular Hbond substituents is 3. The first-order valence-corrected chi connectivity index (χ1v) is 42.6. The van der Waals surface area contributed by atoms with Crippen molar-refractivity contribution in [3.8, 4) is 17.2 Å². The number of hydrogen-bond donors (Lipinski definition) is 30. The summed E-state index contributed by atoms with van der Waals surface area (Å²) in [6.45, 7) is 3.44. The van der Waals surface area contributed by atoms with Gasteiger partial charge in [-0.2, -0.15) is 0 Å². The number of primary amides is 1.